The van der Waals surface area contributed by atoms with Gasteiger partial charge in [-0.05, 0) is 31.5 Å². The van der Waals surface area contributed by atoms with Crippen LogP contribution in [-0.2, 0) is 0 Å². The van der Waals surface area contributed by atoms with Gasteiger partial charge in [-0.1, -0.05) is 53.9 Å². The minimum absolute atomic E-state index is 0.481. The fourth-order valence-corrected chi connectivity index (χ4v) is 2.36. The Kier molecular flexibility index (Phi) is 5.34. The highest BCUT2D eigenvalue weighted by molar-refractivity contribution is 9.10. The van der Waals surface area contributed by atoms with Gasteiger partial charge in [0.1, 0.15) is 0 Å². The van der Waals surface area contributed by atoms with Crippen molar-refractivity contribution in [3.8, 4) is 0 Å². The highest BCUT2D eigenvalue weighted by atomic mass is 79.9. The molecule has 1 unspecified atom stereocenters. The molecule has 0 spiro atoms. The molecular weight excluding hydrogens is 250 g/mol. The molecule has 1 aromatic carbocycles. The van der Waals surface area contributed by atoms with E-state index in [-0.39, 0.29) is 0 Å². The molecule has 1 rings (SSSR count). The van der Waals surface area contributed by atoms with Crippen LogP contribution in [0, 0.1) is 6.92 Å². The van der Waals surface area contributed by atoms with E-state index in [1.54, 1.807) is 0 Å². The molecule has 0 saturated carbocycles. The van der Waals surface area contributed by atoms with E-state index in [2.05, 4.69) is 60.2 Å². The van der Waals surface area contributed by atoms with Crippen molar-refractivity contribution >= 4 is 15.9 Å². The molecule has 1 atom stereocenters. The Morgan fingerprint density at radius 2 is 2.07 bits per heavy atom. The molecule has 15 heavy (non-hydrogen) atoms. The molecular formula is C13H20BrN. The van der Waals surface area contributed by atoms with Gasteiger partial charge >= 0.3 is 0 Å². The van der Waals surface area contributed by atoms with Crippen LogP contribution < -0.4 is 5.32 Å². The van der Waals surface area contributed by atoms with Gasteiger partial charge in [0.05, 0.1) is 0 Å². The fraction of sp³-hybridized carbons (Fsp3) is 0.538. The highest BCUT2D eigenvalue weighted by Crippen LogP contribution is 2.27. The molecule has 2 heteroatoms. The summed E-state index contributed by atoms with van der Waals surface area (Å²) in [5.41, 5.74) is 2.71. The second-order valence-electron chi connectivity index (χ2n) is 3.92. The predicted molar refractivity (Wildman–Crippen MR) is 70.2 cm³/mol. The van der Waals surface area contributed by atoms with Gasteiger partial charge < -0.3 is 5.32 Å². The maximum atomic E-state index is 3.63. The molecule has 0 amide bonds. The van der Waals surface area contributed by atoms with Crippen LogP contribution in [0.4, 0.5) is 0 Å². The largest absolute Gasteiger partial charge is 0.310 e. The van der Waals surface area contributed by atoms with Crippen molar-refractivity contribution in [3.63, 3.8) is 0 Å². The third-order valence-corrected chi connectivity index (χ3v) is 3.28. The van der Waals surface area contributed by atoms with E-state index >= 15 is 0 Å². The van der Waals surface area contributed by atoms with Crippen LogP contribution in [0.5, 0.6) is 0 Å². The van der Waals surface area contributed by atoms with E-state index in [0.29, 0.717) is 6.04 Å². The summed E-state index contributed by atoms with van der Waals surface area (Å²) in [6.45, 7) is 7.55. The number of benzene rings is 1. The number of aryl methyl sites for hydroxylation is 1. The van der Waals surface area contributed by atoms with Crippen LogP contribution in [0.25, 0.3) is 0 Å². The van der Waals surface area contributed by atoms with Crippen molar-refractivity contribution < 1.29 is 0 Å². The van der Waals surface area contributed by atoms with E-state index in [9.17, 15) is 0 Å². The Balaban J connectivity index is 2.93. The van der Waals surface area contributed by atoms with Crippen LogP contribution in [0.15, 0.2) is 22.7 Å². The van der Waals surface area contributed by atoms with E-state index in [4.69, 9.17) is 0 Å². The second-order valence-corrected chi connectivity index (χ2v) is 4.78. The Morgan fingerprint density at radius 1 is 1.33 bits per heavy atom. The summed E-state index contributed by atoms with van der Waals surface area (Å²) in [4.78, 5) is 0. The van der Waals surface area contributed by atoms with E-state index in [1.807, 2.05) is 0 Å². The van der Waals surface area contributed by atoms with Crippen LogP contribution in [0.3, 0.4) is 0 Å². The topological polar surface area (TPSA) is 12.0 Å². The Bertz CT molecular complexity index is 303. The van der Waals surface area contributed by atoms with Crippen molar-refractivity contribution in [2.24, 2.45) is 0 Å². The summed E-state index contributed by atoms with van der Waals surface area (Å²) >= 11 is 3.63. The van der Waals surface area contributed by atoms with Crippen molar-refractivity contribution in [1.29, 1.82) is 0 Å². The third-order valence-electron chi connectivity index (χ3n) is 2.55. The van der Waals surface area contributed by atoms with Crippen molar-refractivity contribution in [2.45, 2.75) is 39.7 Å². The zero-order valence-corrected chi connectivity index (χ0v) is 11.4. The van der Waals surface area contributed by atoms with Gasteiger partial charge in [0.25, 0.3) is 0 Å². The maximum Gasteiger partial charge on any atom is 0.0331 e. The minimum Gasteiger partial charge on any atom is -0.310 e. The maximum absolute atomic E-state index is 3.63. The van der Waals surface area contributed by atoms with E-state index in [1.165, 1.54) is 28.4 Å². The van der Waals surface area contributed by atoms with Gasteiger partial charge in [0.15, 0.2) is 0 Å². The van der Waals surface area contributed by atoms with Gasteiger partial charge in [-0.25, -0.2) is 0 Å². The molecule has 0 fully saturated rings. The van der Waals surface area contributed by atoms with Gasteiger partial charge in [0, 0.05) is 10.5 Å². The van der Waals surface area contributed by atoms with Gasteiger partial charge in [-0.2, -0.15) is 0 Å². The number of nitrogens with one attached hydrogen (secondary N) is 1. The number of hydrogen-bond donors (Lipinski definition) is 1. The Labute approximate surface area is 101 Å². The molecule has 1 aromatic rings. The Hall–Kier alpha value is -0.340. The first-order chi connectivity index (χ1) is 7.19. The van der Waals surface area contributed by atoms with Crippen LogP contribution >= 0.6 is 15.9 Å². The molecule has 0 radical (unpaired) electrons. The lowest BCUT2D eigenvalue weighted by molar-refractivity contribution is 0.507. The van der Waals surface area contributed by atoms with Crippen LogP contribution in [0.1, 0.15) is 43.9 Å². The molecule has 0 saturated heterocycles. The average molecular weight is 270 g/mol. The smallest absolute Gasteiger partial charge is 0.0331 e. The predicted octanol–water partition coefficient (Wildman–Crippen LogP) is 4.21. The molecule has 0 heterocycles. The van der Waals surface area contributed by atoms with Crippen molar-refractivity contribution in [1.82, 2.24) is 5.32 Å². The first-order valence-electron chi connectivity index (χ1n) is 5.68. The zero-order valence-electron chi connectivity index (χ0n) is 9.81. The molecule has 0 bridgehead atoms. The van der Waals surface area contributed by atoms with Crippen molar-refractivity contribution in [3.05, 3.63) is 33.8 Å². The number of rotatable bonds is 5. The molecule has 0 aromatic heterocycles. The lowest BCUT2D eigenvalue weighted by Crippen LogP contribution is -2.21. The van der Waals surface area contributed by atoms with Crippen LogP contribution in [-0.4, -0.2) is 6.54 Å². The molecule has 0 aliphatic rings. The average Bonchev–Trinajstić information content (AvgIpc) is 2.21. The molecule has 84 valence electrons. The molecule has 1 N–H and O–H groups in total. The van der Waals surface area contributed by atoms with Gasteiger partial charge in [-0.3, -0.25) is 0 Å². The summed E-state index contributed by atoms with van der Waals surface area (Å²) in [7, 11) is 0. The first kappa shape index (κ1) is 12.7. The van der Waals surface area contributed by atoms with Gasteiger partial charge in [-0.15, -0.1) is 0 Å². The second kappa shape index (κ2) is 6.29. The monoisotopic (exact) mass is 269 g/mol. The standard InChI is InChI=1S/C13H20BrN/c1-4-6-13(15-5-2)11-9-10(3)7-8-12(11)14/h7-9,13,15H,4-6H2,1-3H3. The highest BCUT2D eigenvalue weighted by Gasteiger charge is 2.12. The summed E-state index contributed by atoms with van der Waals surface area (Å²) < 4.78 is 1.22. The normalized spacial score (nSPS) is 12.8. The third kappa shape index (κ3) is 3.62. The number of halogens is 1. The number of hydrogen-bond acceptors (Lipinski definition) is 1. The van der Waals surface area contributed by atoms with Crippen LogP contribution in [0.2, 0.25) is 0 Å². The van der Waals surface area contributed by atoms with E-state index in [0.717, 1.165) is 6.54 Å². The van der Waals surface area contributed by atoms with E-state index < -0.39 is 0 Å². The summed E-state index contributed by atoms with van der Waals surface area (Å²) in [5, 5.41) is 3.54. The molecule has 0 aliphatic carbocycles. The fourth-order valence-electron chi connectivity index (χ4n) is 1.83. The first-order valence-corrected chi connectivity index (χ1v) is 6.47. The summed E-state index contributed by atoms with van der Waals surface area (Å²) in [6.07, 6.45) is 2.40. The zero-order chi connectivity index (χ0) is 11.3. The lowest BCUT2D eigenvalue weighted by Gasteiger charge is -2.19. The summed E-state index contributed by atoms with van der Waals surface area (Å²) in [6, 6.07) is 7.04. The quantitative estimate of drug-likeness (QED) is 0.845. The van der Waals surface area contributed by atoms with Crippen molar-refractivity contribution in [2.75, 3.05) is 6.54 Å². The summed E-state index contributed by atoms with van der Waals surface area (Å²) in [5.74, 6) is 0. The SMILES string of the molecule is CCCC(NCC)c1cc(C)ccc1Br. The lowest BCUT2D eigenvalue weighted by atomic mass is 10.0. The van der Waals surface area contributed by atoms with Gasteiger partial charge in [0.2, 0.25) is 0 Å². The minimum atomic E-state index is 0.481. The Morgan fingerprint density at radius 3 is 2.67 bits per heavy atom. The molecule has 1 nitrogen and oxygen atoms in total. The molecule has 0 aliphatic heterocycles.